The summed E-state index contributed by atoms with van der Waals surface area (Å²) < 4.78 is 4.63. The van der Waals surface area contributed by atoms with Crippen molar-refractivity contribution in [2.75, 3.05) is 20.7 Å². The highest BCUT2D eigenvalue weighted by Crippen LogP contribution is 2.26. The lowest BCUT2D eigenvalue weighted by molar-refractivity contribution is -0.141. The Morgan fingerprint density at radius 3 is 2.62 bits per heavy atom. The summed E-state index contributed by atoms with van der Waals surface area (Å²) in [5.74, 6) is -0.150. The minimum atomic E-state index is -0.150. The summed E-state index contributed by atoms with van der Waals surface area (Å²) in [5.41, 5.74) is 0. The first-order chi connectivity index (χ1) is 7.54. The van der Waals surface area contributed by atoms with Crippen LogP contribution in [0.15, 0.2) is 0 Å². The molecular formula is C12H24N2O2. The molecule has 1 N–H and O–H groups in total. The van der Waals surface area contributed by atoms with Gasteiger partial charge in [-0.2, -0.15) is 0 Å². The second-order valence-corrected chi connectivity index (χ2v) is 4.84. The van der Waals surface area contributed by atoms with Gasteiger partial charge in [0.2, 0.25) is 0 Å². The third-order valence-electron chi connectivity index (χ3n) is 3.28. The molecular weight excluding hydrogens is 204 g/mol. The second-order valence-electron chi connectivity index (χ2n) is 4.84. The van der Waals surface area contributed by atoms with E-state index in [1.807, 2.05) is 6.92 Å². The van der Waals surface area contributed by atoms with Crippen LogP contribution in [0.1, 0.15) is 33.1 Å². The lowest BCUT2D eigenvalue weighted by Gasteiger charge is -2.26. The maximum absolute atomic E-state index is 11.0. The summed E-state index contributed by atoms with van der Waals surface area (Å²) in [6.45, 7) is 5.15. The standard InChI is InChI=1S/C12H24N2O2/c1-9(7-12(15)16-4)13-8-10(2)14(3)11-5-6-11/h9-11,13H,5-8H2,1-4H3. The molecule has 0 spiro atoms. The fourth-order valence-electron chi connectivity index (χ4n) is 1.76. The third kappa shape index (κ3) is 4.49. The molecule has 94 valence electrons. The molecule has 4 heteroatoms. The van der Waals surface area contributed by atoms with E-state index in [-0.39, 0.29) is 12.0 Å². The zero-order valence-electron chi connectivity index (χ0n) is 10.8. The molecule has 0 aromatic heterocycles. The van der Waals surface area contributed by atoms with E-state index in [0.29, 0.717) is 12.5 Å². The Kier molecular flexibility index (Phi) is 5.22. The summed E-state index contributed by atoms with van der Waals surface area (Å²) in [4.78, 5) is 13.5. The van der Waals surface area contributed by atoms with E-state index in [9.17, 15) is 4.79 Å². The Morgan fingerprint density at radius 2 is 2.12 bits per heavy atom. The molecule has 2 unspecified atom stereocenters. The van der Waals surface area contributed by atoms with Crippen molar-refractivity contribution in [2.24, 2.45) is 0 Å². The van der Waals surface area contributed by atoms with E-state index in [0.717, 1.165) is 12.6 Å². The molecule has 0 heterocycles. The molecule has 2 atom stereocenters. The number of nitrogens with zero attached hydrogens (tertiary/aromatic N) is 1. The monoisotopic (exact) mass is 228 g/mol. The maximum Gasteiger partial charge on any atom is 0.307 e. The Morgan fingerprint density at radius 1 is 1.50 bits per heavy atom. The summed E-state index contributed by atoms with van der Waals surface area (Å²) in [6, 6.07) is 1.49. The van der Waals surface area contributed by atoms with E-state index in [1.54, 1.807) is 0 Å². The van der Waals surface area contributed by atoms with Crippen LogP contribution in [0.2, 0.25) is 0 Å². The second kappa shape index (κ2) is 6.21. The largest absolute Gasteiger partial charge is 0.469 e. The molecule has 1 fully saturated rings. The van der Waals surface area contributed by atoms with Gasteiger partial charge < -0.3 is 10.1 Å². The Balaban J connectivity index is 2.14. The average Bonchev–Trinajstić information content (AvgIpc) is 3.08. The minimum absolute atomic E-state index is 0.150. The summed E-state index contributed by atoms with van der Waals surface area (Å²) in [7, 11) is 3.60. The Labute approximate surface area is 98.3 Å². The number of likely N-dealkylation sites (N-methyl/N-ethyl adjacent to an activating group) is 1. The van der Waals surface area contributed by atoms with Gasteiger partial charge in [0.25, 0.3) is 0 Å². The first kappa shape index (κ1) is 13.5. The zero-order valence-corrected chi connectivity index (χ0v) is 10.8. The number of carbonyl (C=O) groups excluding carboxylic acids is 1. The van der Waals surface area contributed by atoms with Gasteiger partial charge >= 0.3 is 5.97 Å². The number of hydrogen-bond acceptors (Lipinski definition) is 4. The molecule has 0 amide bonds. The van der Waals surface area contributed by atoms with Crippen molar-refractivity contribution >= 4 is 5.97 Å². The van der Waals surface area contributed by atoms with Gasteiger partial charge in [-0.3, -0.25) is 9.69 Å². The molecule has 0 saturated heterocycles. The molecule has 0 aromatic rings. The predicted molar refractivity (Wildman–Crippen MR) is 64.3 cm³/mol. The van der Waals surface area contributed by atoms with E-state index in [1.165, 1.54) is 20.0 Å². The lowest BCUT2D eigenvalue weighted by Crippen LogP contribution is -2.42. The molecule has 1 aliphatic rings. The van der Waals surface area contributed by atoms with Crippen LogP contribution in [0.5, 0.6) is 0 Å². The van der Waals surface area contributed by atoms with Crippen molar-refractivity contribution < 1.29 is 9.53 Å². The van der Waals surface area contributed by atoms with Crippen LogP contribution in [-0.4, -0.2) is 49.7 Å². The number of nitrogens with one attached hydrogen (secondary N) is 1. The third-order valence-corrected chi connectivity index (χ3v) is 3.28. The molecule has 1 aliphatic carbocycles. The van der Waals surface area contributed by atoms with Crippen LogP contribution in [0.4, 0.5) is 0 Å². The number of hydrogen-bond donors (Lipinski definition) is 1. The van der Waals surface area contributed by atoms with Crippen molar-refractivity contribution in [3.63, 3.8) is 0 Å². The molecule has 16 heavy (non-hydrogen) atoms. The smallest absolute Gasteiger partial charge is 0.307 e. The summed E-state index contributed by atoms with van der Waals surface area (Å²) >= 11 is 0. The summed E-state index contributed by atoms with van der Waals surface area (Å²) in [5, 5.41) is 3.37. The molecule has 0 bridgehead atoms. The molecule has 0 radical (unpaired) electrons. The van der Waals surface area contributed by atoms with Gasteiger partial charge in [-0.1, -0.05) is 0 Å². The molecule has 1 rings (SSSR count). The van der Waals surface area contributed by atoms with E-state index >= 15 is 0 Å². The highest BCUT2D eigenvalue weighted by atomic mass is 16.5. The SMILES string of the molecule is COC(=O)CC(C)NCC(C)N(C)C1CC1. The van der Waals surface area contributed by atoms with Gasteiger partial charge in [0.15, 0.2) is 0 Å². The Bertz CT molecular complexity index is 229. The van der Waals surface area contributed by atoms with E-state index in [2.05, 4.69) is 28.9 Å². The van der Waals surface area contributed by atoms with Crippen LogP contribution in [-0.2, 0) is 9.53 Å². The molecule has 1 saturated carbocycles. The van der Waals surface area contributed by atoms with Crippen molar-refractivity contribution in [1.29, 1.82) is 0 Å². The van der Waals surface area contributed by atoms with E-state index in [4.69, 9.17) is 0 Å². The molecule has 0 aromatic carbocycles. The lowest BCUT2D eigenvalue weighted by atomic mass is 10.2. The van der Waals surface area contributed by atoms with Gasteiger partial charge in [-0.05, 0) is 33.7 Å². The van der Waals surface area contributed by atoms with Gasteiger partial charge in [-0.15, -0.1) is 0 Å². The first-order valence-corrected chi connectivity index (χ1v) is 6.06. The Hall–Kier alpha value is -0.610. The van der Waals surface area contributed by atoms with Crippen LogP contribution < -0.4 is 5.32 Å². The predicted octanol–water partition coefficient (Wildman–Crippen LogP) is 1.01. The summed E-state index contributed by atoms with van der Waals surface area (Å²) in [6.07, 6.45) is 3.10. The van der Waals surface area contributed by atoms with Crippen LogP contribution in [0, 0.1) is 0 Å². The minimum Gasteiger partial charge on any atom is -0.469 e. The van der Waals surface area contributed by atoms with Gasteiger partial charge in [0, 0.05) is 24.7 Å². The van der Waals surface area contributed by atoms with E-state index < -0.39 is 0 Å². The number of ether oxygens (including phenoxy) is 1. The van der Waals surface area contributed by atoms with Crippen LogP contribution >= 0.6 is 0 Å². The fraction of sp³-hybridized carbons (Fsp3) is 0.917. The number of esters is 1. The van der Waals surface area contributed by atoms with Gasteiger partial charge in [0.05, 0.1) is 13.5 Å². The quantitative estimate of drug-likeness (QED) is 0.660. The van der Waals surface area contributed by atoms with Gasteiger partial charge in [0.1, 0.15) is 0 Å². The highest BCUT2D eigenvalue weighted by molar-refractivity contribution is 5.69. The normalized spacial score (nSPS) is 19.6. The van der Waals surface area contributed by atoms with Crippen molar-refractivity contribution in [2.45, 2.75) is 51.2 Å². The maximum atomic E-state index is 11.0. The molecule has 4 nitrogen and oxygen atoms in total. The van der Waals surface area contributed by atoms with Crippen molar-refractivity contribution in [1.82, 2.24) is 10.2 Å². The number of rotatable bonds is 7. The average molecular weight is 228 g/mol. The molecule has 0 aliphatic heterocycles. The number of methoxy groups -OCH3 is 1. The first-order valence-electron chi connectivity index (χ1n) is 6.06. The van der Waals surface area contributed by atoms with Crippen molar-refractivity contribution in [3.8, 4) is 0 Å². The number of carbonyl (C=O) groups is 1. The fourth-order valence-corrected chi connectivity index (χ4v) is 1.76. The van der Waals surface area contributed by atoms with Crippen LogP contribution in [0.25, 0.3) is 0 Å². The van der Waals surface area contributed by atoms with Gasteiger partial charge in [-0.25, -0.2) is 0 Å². The highest BCUT2D eigenvalue weighted by Gasteiger charge is 2.29. The van der Waals surface area contributed by atoms with Crippen molar-refractivity contribution in [3.05, 3.63) is 0 Å². The van der Waals surface area contributed by atoms with Crippen LogP contribution in [0.3, 0.4) is 0 Å². The zero-order chi connectivity index (χ0) is 12.1. The topological polar surface area (TPSA) is 41.6 Å².